The molecular weight excluding hydrogens is 606 g/mol. The summed E-state index contributed by atoms with van der Waals surface area (Å²) >= 11 is 6.47. The van der Waals surface area contributed by atoms with Crippen molar-refractivity contribution in [3.8, 4) is 11.5 Å². The lowest BCUT2D eigenvalue weighted by atomic mass is 10.1. The average molecular weight is 638 g/mol. The highest BCUT2D eigenvalue weighted by atomic mass is 35.5. The maximum atomic E-state index is 12.6. The van der Waals surface area contributed by atoms with Crippen molar-refractivity contribution in [1.82, 2.24) is 0 Å². The molecule has 0 radical (unpaired) electrons. The molecule has 0 fully saturated rings. The number of hydrogen-bond donors (Lipinski definition) is 3. The lowest BCUT2D eigenvalue weighted by molar-refractivity contribution is 0.306. The van der Waals surface area contributed by atoms with E-state index in [9.17, 15) is 16.8 Å². The quantitative estimate of drug-likeness (QED) is 0.240. The first kappa shape index (κ1) is 32.7. The second-order valence-corrected chi connectivity index (χ2v) is 13.2. The van der Waals surface area contributed by atoms with Crippen molar-refractivity contribution >= 4 is 49.4 Å². The largest absolute Gasteiger partial charge is 0.487 e. The number of anilines is 1. The van der Waals surface area contributed by atoms with Crippen molar-refractivity contribution < 1.29 is 30.3 Å². The molecule has 0 spiro atoms. The number of hydrogen-bond acceptors (Lipinski definition) is 11. The molecule has 1 aliphatic heterocycles. The first-order chi connectivity index (χ1) is 19.5. The summed E-state index contributed by atoms with van der Waals surface area (Å²) in [6.07, 6.45) is 0. The normalized spacial score (nSPS) is 14.7. The van der Waals surface area contributed by atoms with Crippen molar-refractivity contribution in [2.75, 3.05) is 10.7 Å². The number of nitrogens with zero attached hydrogens (tertiary/aromatic N) is 3. The first-order valence-electron chi connectivity index (χ1n) is 12.5. The summed E-state index contributed by atoms with van der Waals surface area (Å²) in [5.74, 6) is 0.830. The Labute approximate surface area is 250 Å². The molecule has 0 saturated carbocycles. The van der Waals surface area contributed by atoms with E-state index < -0.39 is 25.9 Å². The molecule has 0 aliphatic carbocycles. The van der Waals surface area contributed by atoms with Crippen LogP contribution in [-0.2, 0) is 26.8 Å². The fraction of sp³-hybridized carbons (Fsp3) is 0.259. The first-order valence-corrected chi connectivity index (χ1v) is 15.9. The Bertz CT molecular complexity index is 1710. The molecule has 1 aliphatic rings. The van der Waals surface area contributed by atoms with Gasteiger partial charge < -0.3 is 20.4 Å². The van der Waals surface area contributed by atoms with Crippen molar-refractivity contribution in [3.63, 3.8) is 0 Å². The zero-order chi connectivity index (χ0) is 31.3. The van der Waals surface area contributed by atoms with Crippen LogP contribution in [0.3, 0.4) is 0 Å². The lowest BCUT2D eigenvalue weighted by Gasteiger charge is -2.38. The zero-order valence-electron chi connectivity index (χ0n) is 23.4. The smallest absolute Gasteiger partial charge is 0.339 e. The summed E-state index contributed by atoms with van der Waals surface area (Å²) < 4.78 is 63.2. The molecule has 3 aromatic carbocycles. The number of aliphatic imine (C=N–C) groups is 2. The predicted octanol–water partition coefficient (Wildman–Crippen LogP) is 4.07. The minimum atomic E-state index is -3.96. The van der Waals surface area contributed by atoms with E-state index in [1.54, 1.807) is 53.4 Å². The van der Waals surface area contributed by atoms with E-state index in [-0.39, 0.29) is 34.9 Å². The van der Waals surface area contributed by atoms with Crippen LogP contribution in [0.25, 0.3) is 0 Å². The summed E-state index contributed by atoms with van der Waals surface area (Å²) in [5, 5.41) is 0.365. The SMILES string of the molecule is CCS(=O)(=O)O.Cc1cccc(OS(=O)(=O)c2ccc(COc3ccc(N4C(N)=NC(N)=NC4(C)C)cc3Cl)cc2)c1. The summed E-state index contributed by atoms with van der Waals surface area (Å²) in [5.41, 5.74) is 13.4. The summed E-state index contributed by atoms with van der Waals surface area (Å²) in [4.78, 5) is 10.1. The molecule has 12 nitrogen and oxygen atoms in total. The fourth-order valence-corrected chi connectivity index (χ4v) is 4.90. The van der Waals surface area contributed by atoms with E-state index in [1.807, 2.05) is 26.8 Å². The third-order valence-electron chi connectivity index (χ3n) is 5.73. The second-order valence-electron chi connectivity index (χ2n) is 9.54. The van der Waals surface area contributed by atoms with E-state index in [0.717, 1.165) is 11.1 Å². The van der Waals surface area contributed by atoms with Crippen LogP contribution in [0, 0.1) is 6.92 Å². The summed E-state index contributed by atoms with van der Waals surface area (Å²) in [7, 11) is -7.62. The zero-order valence-corrected chi connectivity index (χ0v) is 25.7. The number of ether oxygens (including phenoxy) is 1. The topological polar surface area (TPSA) is 187 Å². The van der Waals surface area contributed by atoms with Crippen LogP contribution in [-0.4, -0.2) is 44.7 Å². The van der Waals surface area contributed by atoms with Crippen molar-refractivity contribution in [3.05, 3.63) is 82.9 Å². The monoisotopic (exact) mass is 637 g/mol. The molecule has 0 atom stereocenters. The van der Waals surface area contributed by atoms with Crippen molar-refractivity contribution in [2.45, 2.75) is 44.9 Å². The maximum absolute atomic E-state index is 12.6. The van der Waals surface area contributed by atoms with Gasteiger partial charge in [-0.15, -0.1) is 0 Å². The van der Waals surface area contributed by atoms with Gasteiger partial charge in [-0.3, -0.25) is 9.45 Å². The number of guanidine groups is 2. The molecule has 0 aromatic heterocycles. The van der Waals surface area contributed by atoms with Gasteiger partial charge in [-0.1, -0.05) is 35.9 Å². The second kappa shape index (κ2) is 13.0. The summed E-state index contributed by atoms with van der Waals surface area (Å²) in [6, 6.07) is 18.3. The van der Waals surface area contributed by atoms with Gasteiger partial charge in [-0.05, 0) is 81.3 Å². The molecule has 4 rings (SSSR count). The van der Waals surface area contributed by atoms with E-state index in [4.69, 9.17) is 36.5 Å². The Balaban J connectivity index is 0.000000730. The molecule has 1 heterocycles. The van der Waals surface area contributed by atoms with Crippen LogP contribution in [0.1, 0.15) is 31.9 Å². The molecule has 15 heteroatoms. The van der Waals surface area contributed by atoms with Gasteiger partial charge in [-0.2, -0.15) is 21.8 Å². The minimum Gasteiger partial charge on any atom is -0.487 e. The highest BCUT2D eigenvalue weighted by Crippen LogP contribution is 2.34. The predicted molar refractivity (Wildman–Crippen MR) is 163 cm³/mol. The Morgan fingerprint density at radius 3 is 2.19 bits per heavy atom. The van der Waals surface area contributed by atoms with Crippen LogP contribution < -0.4 is 25.3 Å². The molecule has 0 amide bonds. The van der Waals surface area contributed by atoms with E-state index in [1.165, 1.54) is 19.1 Å². The molecule has 42 heavy (non-hydrogen) atoms. The van der Waals surface area contributed by atoms with Gasteiger partial charge in [-0.25, -0.2) is 4.99 Å². The Hall–Kier alpha value is -3.85. The van der Waals surface area contributed by atoms with Gasteiger partial charge in [0.15, 0.2) is 0 Å². The van der Waals surface area contributed by atoms with Gasteiger partial charge in [0.05, 0.1) is 10.8 Å². The van der Waals surface area contributed by atoms with Crippen LogP contribution >= 0.6 is 11.6 Å². The standard InChI is InChI=1S/C25H26ClN5O4S.C2H6O3S/c1-16-5-4-6-19(13-16)35-36(32,33)20-10-7-17(8-11-20)15-34-22-12-9-18(14-21(22)26)31-24(28)29-23(27)30-25(31,2)3;1-2-6(3,4)5/h4-14H,15H2,1-3H3,(H4,27,28,29,30);2H2,1H3,(H,3,4,5). The molecule has 3 aromatic rings. The average Bonchev–Trinajstić information content (AvgIpc) is 2.87. The van der Waals surface area contributed by atoms with Gasteiger partial charge >= 0.3 is 10.1 Å². The number of aryl methyl sites for hydroxylation is 1. The highest BCUT2D eigenvalue weighted by Gasteiger charge is 2.33. The third kappa shape index (κ3) is 8.82. The van der Waals surface area contributed by atoms with E-state index >= 15 is 0 Å². The maximum Gasteiger partial charge on any atom is 0.339 e. The molecule has 0 saturated heterocycles. The minimum absolute atomic E-state index is 0.0434. The molecular formula is C27H32ClN5O7S2. The Kier molecular flexibility index (Phi) is 10.1. The molecule has 5 N–H and O–H groups in total. The van der Waals surface area contributed by atoms with Gasteiger partial charge in [0.25, 0.3) is 10.1 Å². The Morgan fingerprint density at radius 2 is 1.64 bits per heavy atom. The highest BCUT2D eigenvalue weighted by molar-refractivity contribution is 7.87. The van der Waals surface area contributed by atoms with E-state index in [0.29, 0.717) is 16.5 Å². The molecule has 0 bridgehead atoms. The van der Waals surface area contributed by atoms with Crippen LogP contribution in [0.2, 0.25) is 5.02 Å². The fourth-order valence-electron chi connectivity index (χ4n) is 3.75. The lowest BCUT2D eigenvalue weighted by Crippen LogP contribution is -2.54. The number of nitrogens with two attached hydrogens (primary N) is 2. The van der Waals surface area contributed by atoms with Gasteiger partial charge in [0.2, 0.25) is 11.9 Å². The van der Waals surface area contributed by atoms with Crippen molar-refractivity contribution in [2.24, 2.45) is 21.5 Å². The molecule has 0 unspecified atom stereocenters. The van der Waals surface area contributed by atoms with Crippen LogP contribution in [0.4, 0.5) is 5.69 Å². The van der Waals surface area contributed by atoms with E-state index in [2.05, 4.69) is 9.98 Å². The number of rotatable bonds is 8. The number of halogens is 1. The Morgan fingerprint density at radius 1 is 1.00 bits per heavy atom. The van der Waals surface area contributed by atoms with Crippen LogP contribution in [0.5, 0.6) is 11.5 Å². The van der Waals surface area contributed by atoms with Gasteiger partial charge in [0, 0.05) is 5.69 Å². The van der Waals surface area contributed by atoms with Crippen molar-refractivity contribution in [1.29, 1.82) is 0 Å². The van der Waals surface area contributed by atoms with Gasteiger partial charge in [0.1, 0.15) is 28.7 Å². The molecule has 226 valence electrons. The van der Waals surface area contributed by atoms with Crippen LogP contribution in [0.15, 0.2) is 81.6 Å². The third-order valence-corrected chi connectivity index (χ3v) is 8.02. The number of benzene rings is 3. The summed E-state index contributed by atoms with van der Waals surface area (Å²) in [6.45, 7) is 7.12.